The molecule has 5 nitrogen and oxygen atoms in total. The molecule has 1 saturated carbocycles. The van der Waals surface area contributed by atoms with Crippen LogP contribution in [0.1, 0.15) is 42.4 Å². The molecule has 1 unspecified atom stereocenters. The third-order valence-corrected chi connectivity index (χ3v) is 6.44. The highest BCUT2D eigenvalue weighted by atomic mass is 35.5. The molecule has 1 fully saturated rings. The van der Waals surface area contributed by atoms with Crippen LogP contribution >= 0.6 is 22.9 Å². The van der Waals surface area contributed by atoms with E-state index < -0.39 is 0 Å². The minimum atomic E-state index is 0.271. The first-order chi connectivity index (χ1) is 12.6. The number of hydrogen-bond donors (Lipinski definition) is 2. The number of nitrogens with zero attached hydrogens (tertiary/aromatic N) is 2. The van der Waals surface area contributed by atoms with E-state index in [0.717, 1.165) is 28.2 Å². The van der Waals surface area contributed by atoms with Gasteiger partial charge in [0.05, 0.1) is 23.0 Å². The Balaban J connectivity index is 1.57. The molecule has 26 heavy (non-hydrogen) atoms. The maximum absolute atomic E-state index is 6.17. The zero-order chi connectivity index (χ0) is 18.1. The molecule has 1 atom stereocenters. The zero-order valence-electron chi connectivity index (χ0n) is 15.0. The highest BCUT2D eigenvalue weighted by molar-refractivity contribution is 7.19. The molecule has 2 N–H and O–H groups in total. The second-order valence-corrected chi connectivity index (χ2v) is 8.45. The lowest BCUT2D eigenvalue weighted by Gasteiger charge is -2.30. The van der Waals surface area contributed by atoms with Gasteiger partial charge in [-0.15, -0.1) is 11.3 Å². The van der Waals surface area contributed by atoms with Crippen molar-refractivity contribution >= 4 is 39.0 Å². The molecule has 0 saturated heterocycles. The van der Waals surface area contributed by atoms with Gasteiger partial charge in [-0.1, -0.05) is 6.42 Å². The van der Waals surface area contributed by atoms with Crippen LogP contribution in [0.5, 0.6) is 0 Å². The molecule has 138 valence electrons. The molecular formula is C19H23ClN4OS. The van der Waals surface area contributed by atoms with Crippen molar-refractivity contribution in [2.24, 2.45) is 0 Å². The molecular weight excluding hydrogens is 368 g/mol. The Bertz CT molecular complexity index is 889. The van der Waals surface area contributed by atoms with Crippen LogP contribution in [0, 0.1) is 6.92 Å². The van der Waals surface area contributed by atoms with Gasteiger partial charge in [-0.2, -0.15) is 4.98 Å². The van der Waals surface area contributed by atoms with Gasteiger partial charge in [-0.25, -0.2) is 4.98 Å². The smallest absolute Gasteiger partial charge is 0.224 e. The first-order valence-electron chi connectivity index (χ1n) is 9.08. The molecule has 0 amide bonds. The topological polar surface area (TPSA) is 63.0 Å². The maximum atomic E-state index is 6.17. The average molecular weight is 391 g/mol. The summed E-state index contributed by atoms with van der Waals surface area (Å²) in [5.74, 6) is 1.63. The number of furan rings is 1. The minimum absolute atomic E-state index is 0.271. The van der Waals surface area contributed by atoms with Crippen molar-refractivity contribution in [3.63, 3.8) is 0 Å². The van der Waals surface area contributed by atoms with Crippen LogP contribution in [0.2, 0.25) is 5.28 Å². The number of anilines is 1. The van der Waals surface area contributed by atoms with Gasteiger partial charge in [-0.05, 0) is 62.4 Å². The Morgan fingerprint density at radius 2 is 2.23 bits per heavy atom. The summed E-state index contributed by atoms with van der Waals surface area (Å²) >= 11 is 7.93. The third-order valence-electron chi connectivity index (χ3n) is 4.96. The number of aromatic nitrogens is 2. The summed E-state index contributed by atoms with van der Waals surface area (Å²) in [6.07, 6.45) is 6.63. The molecule has 3 aromatic heterocycles. The average Bonchev–Trinajstić information content (AvgIpc) is 3.19. The van der Waals surface area contributed by atoms with Crippen molar-refractivity contribution in [2.45, 2.75) is 58.2 Å². The lowest BCUT2D eigenvalue weighted by atomic mass is 9.92. The van der Waals surface area contributed by atoms with E-state index in [0.29, 0.717) is 18.6 Å². The predicted octanol–water partition coefficient (Wildman–Crippen LogP) is 4.93. The number of nitrogens with one attached hydrogen (secondary N) is 2. The molecule has 0 aliphatic heterocycles. The Labute approximate surface area is 162 Å². The Morgan fingerprint density at radius 1 is 1.38 bits per heavy atom. The normalized spacial score (nSPS) is 16.0. The van der Waals surface area contributed by atoms with Crippen molar-refractivity contribution in [3.05, 3.63) is 39.9 Å². The zero-order valence-corrected chi connectivity index (χ0v) is 16.6. The monoisotopic (exact) mass is 390 g/mol. The van der Waals surface area contributed by atoms with Crippen molar-refractivity contribution in [1.82, 2.24) is 15.3 Å². The second kappa shape index (κ2) is 7.55. The van der Waals surface area contributed by atoms with Gasteiger partial charge < -0.3 is 15.1 Å². The van der Waals surface area contributed by atoms with Crippen molar-refractivity contribution < 1.29 is 4.42 Å². The van der Waals surface area contributed by atoms with E-state index in [1.165, 1.54) is 29.7 Å². The summed E-state index contributed by atoms with van der Waals surface area (Å²) in [6, 6.07) is 4.96. The standard InChI is InChI=1S/C19H23ClN4OS/c1-11(22-13-5-3-6-13)9-15-12(2)16-17(26-15)18(24-19(20)23-16)21-10-14-7-4-8-25-14/h4,7-8,11,13,22H,3,5-6,9-10H2,1-2H3,(H,21,23,24). The van der Waals surface area contributed by atoms with Gasteiger partial charge in [0.15, 0.2) is 0 Å². The van der Waals surface area contributed by atoms with Crippen molar-refractivity contribution in [3.8, 4) is 0 Å². The molecule has 0 spiro atoms. The molecule has 0 bridgehead atoms. The van der Waals surface area contributed by atoms with Crippen LogP contribution in [0.3, 0.4) is 0 Å². The molecule has 3 aromatic rings. The summed E-state index contributed by atoms with van der Waals surface area (Å²) in [5, 5.41) is 7.33. The predicted molar refractivity (Wildman–Crippen MR) is 107 cm³/mol. The Hall–Kier alpha value is -1.63. The fraction of sp³-hybridized carbons (Fsp3) is 0.474. The van der Waals surface area contributed by atoms with Crippen molar-refractivity contribution in [1.29, 1.82) is 0 Å². The van der Waals surface area contributed by atoms with Gasteiger partial charge >= 0.3 is 0 Å². The first-order valence-corrected chi connectivity index (χ1v) is 10.3. The van der Waals surface area contributed by atoms with Crippen LogP contribution in [-0.4, -0.2) is 22.1 Å². The number of fused-ring (bicyclic) bond motifs is 1. The van der Waals surface area contributed by atoms with E-state index >= 15 is 0 Å². The van der Waals surface area contributed by atoms with Gasteiger partial charge in [0.1, 0.15) is 11.6 Å². The van der Waals surface area contributed by atoms with Gasteiger partial charge in [0.2, 0.25) is 5.28 Å². The molecule has 0 radical (unpaired) electrons. The SMILES string of the molecule is Cc1c(CC(C)NC2CCC2)sc2c(NCc3ccco3)nc(Cl)nc12. The van der Waals surface area contributed by atoms with E-state index in [1.807, 2.05) is 12.1 Å². The molecule has 7 heteroatoms. The summed E-state index contributed by atoms with van der Waals surface area (Å²) < 4.78 is 6.45. The number of rotatable bonds is 7. The quantitative estimate of drug-likeness (QED) is 0.560. The number of thiophene rings is 1. The number of halogens is 1. The fourth-order valence-electron chi connectivity index (χ4n) is 3.32. The largest absolute Gasteiger partial charge is 0.467 e. The molecule has 0 aromatic carbocycles. The van der Waals surface area contributed by atoms with E-state index in [9.17, 15) is 0 Å². The number of aryl methyl sites for hydroxylation is 1. The van der Waals surface area contributed by atoms with Gasteiger partial charge in [0, 0.05) is 17.0 Å². The Kier molecular flexibility index (Phi) is 5.16. The van der Waals surface area contributed by atoms with E-state index in [1.54, 1.807) is 17.6 Å². The lowest BCUT2D eigenvalue weighted by molar-refractivity contribution is 0.310. The van der Waals surface area contributed by atoms with E-state index in [4.69, 9.17) is 16.0 Å². The highest BCUT2D eigenvalue weighted by Crippen LogP contribution is 2.35. The lowest BCUT2D eigenvalue weighted by Crippen LogP contribution is -2.41. The summed E-state index contributed by atoms with van der Waals surface area (Å²) in [6.45, 7) is 4.96. The van der Waals surface area contributed by atoms with Crippen LogP contribution in [-0.2, 0) is 13.0 Å². The molecule has 1 aliphatic rings. The molecule has 4 rings (SSSR count). The summed E-state index contributed by atoms with van der Waals surface area (Å²) in [5.41, 5.74) is 2.15. The Morgan fingerprint density at radius 3 is 2.92 bits per heavy atom. The van der Waals surface area contributed by atoms with E-state index in [-0.39, 0.29) is 5.28 Å². The summed E-state index contributed by atoms with van der Waals surface area (Å²) in [7, 11) is 0. The maximum Gasteiger partial charge on any atom is 0.224 e. The molecule has 3 heterocycles. The highest BCUT2D eigenvalue weighted by Gasteiger charge is 2.21. The van der Waals surface area contributed by atoms with Gasteiger partial charge in [-0.3, -0.25) is 0 Å². The number of hydrogen-bond acceptors (Lipinski definition) is 6. The van der Waals surface area contributed by atoms with E-state index in [2.05, 4.69) is 34.4 Å². The van der Waals surface area contributed by atoms with Gasteiger partial charge in [0.25, 0.3) is 0 Å². The minimum Gasteiger partial charge on any atom is -0.467 e. The van der Waals surface area contributed by atoms with Crippen LogP contribution in [0.15, 0.2) is 22.8 Å². The van der Waals surface area contributed by atoms with Crippen LogP contribution in [0.4, 0.5) is 5.82 Å². The van der Waals surface area contributed by atoms with Crippen molar-refractivity contribution in [2.75, 3.05) is 5.32 Å². The molecule has 1 aliphatic carbocycles. The fourth-order valence-corrected chi connectivity index (χ4v) is 4.83. The first kappa shape index (κ1) is 17.8. The second-order valence-electron chi connectivity index (χ2n) is 7.00. The van der Waals surface area contributed by atoms with Crippen LogP contribution < -0.4 is 10.6 Å². The summed E-state index contributed by atoms with van der Waals surface area (Å²) in [4.78, 5) is 10.2. The van der Waals surface area contributed by atoms with Crippen LogP contribution in [0.25, 0.3) is 10.2 Å². The third kappa shape index (κ3) is 3.72.